The number of benzene rings is 2. The molecule has 0 spiro atoms. The molecule has 1 aromatic heterocycles. The van der Waals surface area contributed by atoms with E-state index in [0.29, 0.717) is 22.6 Å². The fourth-order valence-electron chi connectivity index (χ4n) is 3.94. The topological polar surface area (TPSA) is 73.1 Å². The summed E-state index contributed by atoms with van der Waals surface area (Å²) in [6, 6.07) is 16.4. The molecule has 1 fully saturated rings. The van der Waals surface area contributed by atoms with E-state index in [1.807, 2.05) is 36.1 Å². The third-order valence-corrected chi connectivity index (χ3v) is 6.57. The van der Waals surface area contributed by atoms with Crippen LogP contribution in [0.4, 0.5) is 0 Å². The highest BCUT2D eigenvalue weighted by Gasteiger charge is 2.24. The van der Waals surface area contributed by atoms with E-state index in [0.717, 1.165) is 43.6 Å². The SMILES string of the molecule is COc1ccc(C)cc1-n1nnnc1SCC(=O)N1CCC(Cc2ccccc2)CC1. The lowest BCUT2D eigenvalue weighted by Crippen LogP contribution is -2.39. The first-order valence-corrected chi connectivity index (χ1v) is 11.5. The molecule has 3 aromatic rings. The Morgan fingerprint density at radius 1 is 1.16 bits per heavy atom. The van der Waals surface area contributed by atoms with Crippen molar-refractivity contribution in [2.24, 2.45) is 5.92 Å². The molecule has 0 aliphatic carbocycles. The van der Waals surface area contributed by atoms with Crippen LogP contribution in [0.2, 0.25) is 0 Å². The lowest BCUT2D eigenvalue weighted by atomic mass is 9.90. The van der Waals surface area contributed by atoms with Crippen LogP contribution in [-0.2, 0) is 11.2 Å². The molecule has 1 aliphatic heterocycles. The number of methoxy groups -OCH3 is 1. The number of amides is 1. The minimum Gasteiger partial charge on any atom is -0.494 e. The van der Waals surface area contributed by atoms with Gasteiger partial charge >= 0.3 is 0 Å². The van der Waals surface area contributed by atoms with Gasteiger partial charge in [0.25, 0.3) is 0 Å². The molecule has 2 aromatic carbocycles. The van der Waals surface area contributed by atoms with Crippen molar-refractivity contribution in [3.63, 3.8) is 0 Å². The van der Waals surface area contributed by atoms with Crippen LogP contribution in [-0.4, -0.2) is 57.0 Å². The Balaban J connectivity index is 1.32. The van der Waals surface area contributed by atoms with Gasteiger partial charge < -0.3 is 9.64 Å². The Morgan fingerprint density at radius 3 is 2.68 bits per heavy atom. The molecule has 8 heteroatoms. The number of aryl methyl sites for hydroxylation is 1. The maximum Gasteiger partial charge on any atom is 0.233 e. The average Bonchev–Trinajstić information content (AvgIpc) is 3.27. The van der Waals surface area contributed by atoms with Crippen molar-refractivity contribution in [3.8, 4) is 11.4 Å². The number of hydrogen-bond acceptors (Lipinski definition) is 6. The lowest BCUT2D eigenvalue weighted by molar-refractivity contribution is -0.129. The normalized spacial score (nSPS) is 14.6. The number of carbonyl (C=O) groups excluding carboxylic acids is 1. The molecular weight excluding hydrogens is 410 g/mol. The Hall–Kier alpha value is -2.87. The standard InChI is InChI=1S/C23H27N5O2S/c1-17-8-9-21(30-2)20(14-17)28-23(24-25-26-28)31-16-22(29)27-12-10-19(11-13-27)15-18-6-4-3-5-7-18/h3-9,14,19H,10-13,15-16H2,1-2H3. The van der Waals surface area contributed by atoms with E-state index >= 15 is 0 Å². The fourth-order valence-corrected chi connectivity index (χ4v) is 4.72. The predicted octanol–water partition coefficient (Wildman–Crippen LogP) is 3.55. The summed E-state index contributed by atoms with van der Waals surface area (Å²) in [4.78, 5) is 14.8. The van der Waals surface area contributed by atoms with E-state index in [1.165, 1.54) is 17.3 Å². The Morgan fingerprint density at radius 2 is 1.94 bits per heavy atom. The molecule has 7 nitrogen and oxygen atoms in total. The van der Waals surface area contributed by atoms with Crippen LogP contribution in [0.1, 0.15) is 24.0 Å². The molecule has 162 valence electrons. The Kier molecular flexibility index (Phi) is 6.86. The van der Waals surface area contributed by atoms with Gasteiger partial charge in [-0.3, -0.25) is 4.79 Å². The first-order valence-electron chi connectivity index (χ1n) is 10.5. The van der Waals surface area contributed by atoms with E-state index < -0.39 is 0 Å². The zero-order chi connectivity index (χ0) is 21.6. The quantitative estimate of drug-likeness (QED) is 0.527. The molecule has 31 heavy (non-hydrogen) atoms. The monoisotopic (exact) mass is 437 g/mol. The maximum atomic E-state index is 12.8. The van der Waals surface area contributed by atoms with E-state index in [1.54, 1.807) is 11.8 Å². The van der Waals surface area contributed by atoms with Crippen molar-refractivity contribution in [1.29, 1.82) is 0 Å². The van der Waals surface area contributed by atoms with Gasteiger partial charge in [-0.15, -0.1) is 5.10 Å². The van der Waals surface area contributed by atoms with Gasteiger partial charge in [0, 0.05) is 13.1 Å². The lowest BCUT2D eigenvalue weighted by Gasteiger charge is -2.32. The summed E-state index contributed by atoms with van der Waals surface area (Å²) in [6.45, 7) is 3.63. The number of likely N-dealkylation sites (tertiary alicyclic amines) is 1. The van der Waals surface area contributed by atoms with Gasteiger partial charge in [-0.1, -0.05) is 48.2 Å². The molecule has 0 N–H and O–H groups in total. The van der Waals surface area contributed by atoms with Gasteiger partial charge in [0.15, 0.2) is 0 Å². The molecule has 1 aliphatic rings. The minimum atomic E-state index is 0.133. The summed E-state index contributed by atoms with van der Waals surface area (Å²) >= 11 is 1.36. The van der Waals surface area contributed by atoms with Gasteiger partial charge in [0.1, 0.15) is 11.4 Å². The highest BCUT2D eigenvalue weighted by atomic mass is 32.2. The summed E-state index contributed by atoms with van der Waals surface area (Å²) in [6.07, 6.45) is 3.18. The van der Waals surface area contributed by atoms with Crippen LogP contribution in [0, 0.1) is 12.8 Å². The number of carbonyl (C=O) groups is 1. The van der Waals surface area contributed by atoms with Crippen molar-refractivity contribution in [2.75, 3.05) is 26.0 Å². The van der Waals surface area contributed by atoms with Gasteiger partial charge in [0.2, 0.25) is 11.1 Å². The largest absolute Gasteiger partial charge is 0.494 e. The second-order valence-electron chi connectivity index (χ2n) is 7.85. The van der Waals surface area contributed by atoms with Crippen molar-refractivity contribution >= 4 is 17.7 Å². The highest BCUT2D eigenvalue weighted by Crippen LogP contribution is 2.28. The van der Waals surface area contributed by atoms with Crippen molar-refractivity contribution in [1.82, 2.24) is 25.1 Å². The smallest absolute Gasteiger partial charge is 0.233 e. The van der Waals surface area contributed by atoms with E-state index in [4.69, 9.17) is 4.74 Å². The number of piperidine rings is 1. The minimum absolute atomic E-state index is 0.133. The Labute approximate surface area is 186 Å². The van der Waals surface area contributed by atoms with Crippen LogP contribution in [0.25, 0.3) is 5.69 Å². The van der Waals surface area contributed by atoms with Crippen LogP contribution in [0.3, 0.4) is 0 Å². The molecule has 0 atom stereocenters. The number of rotatable bonds is 7. The molecule has 0 radical (unpaired) electrons. The van der Waals surface area contributed by atoms with Gasteiger partial charge in [-0.2, -0.15) is 4.68 Å². The van der Waals surface area contributed by atoms with Crippen molar-refractivity contribution < 1.29 is 9.53 Å². The predicted molar refractivity (Wildman–Crippen MR) is 121 cm³/mol. The summed E-state index contributed by atoms with van der Waals surface area (Å²) in [5, 5.41) is 12.6. The number of hydrogen-bond donors (Lipinski definition) is 0. The second kappa shape index (κ2) is 9.96. The first kappa shape index (κ1) is 21.4. The first-order chi connectivity index (χ1) is 15.1. The average molecular weight is 438 g/mol. The third kappa shape index (κ3) is 5.25. The van der Waals surface area contributed by atoms with Gasteiger partial charge in [-0.05, 0) is 65.8 Å². The van der Waals surface area contributed by atoms with Crippen LogP contribution < -0.4 is 4.74 Å². The summed E-state index contributed by atoms with van der Waals surface area (Å²) in [5.74, 6) is 1.78. The number of thioether (sulfide) groups is 1. The summed E-state index contributed by atoms with van der Waals surface area (Å²) in [5.41, 5.74) is 3.22. The fraction of sp³-hybridized carbons (Fsp3) is 0.391. The third-order valence-electron chi connectivity index (χ3n) is 5.66. The maximum absolute atomic E-state index is 12.8. The molecule has 0 saturated carbocycles. The highest BCUT2D eigenvalue weighted by molar-refractivity contribution is 7.99. The van der Waals surface area contributed by atoms with Gasteiger partial charge in [-0.25, -0.2) is 0 Å². The number of ether oxygens (including phenoxy) is 1. The summed E-state index contributed by atoms with van der Waals surface area (Å²) in [7, 11) is 1.62. The van der Waals surface area contributed by atoms with Gasteiger partial charge in [0.05, 0.1) is 12.9 Å². The molecule has 2 heterocycles. The van der Waals surface area contributed by atoms with E-state index in [2.05, 4.69) is 39.8 Å². The molecule has 4 rings (SSSR count). The van der Waals surface area contributed by atoms with Crippen LogP contribution in [0.15, 0.2) is 53.7 Å². The number of aromatic nitrogens is 4. The second-order valence-corrected chi connectivity index (χ2v) is 8.79. The van der Waals surface area contributed by atoms with Crippen LogP contribution in [0.5, 0.6) is 5.75 Å². The Bertz CT molecular complexity index is 1020. The van der Waals surface area contributed by atoms with Crippen molar-refractivity contribution in [2.45, 2.75) is 31.3 Å². The number of tetrazole rings is 1. The zero-order valence-electron chi connectivity index (χ0n) is 17.9. The zero-order valence-corrected chi connectivity index (χ0v) is 18.7. The number of nitrogens with zero attached hydrogens (tertiary/aromatic N) is 5. The van der Waals surface area contributed by atoms with Crippen molar-refractivity contribution in [3.05, 3.63) is 59.7 Å². The van der Waals surface area contributed by atoms with E-state index in [9.17, 15) is 4.79 Å². The molecular formula is C23H27N5O2S. The van der Waals surface area contributed by atoms with E-state index in [-0.39, 0.29) is 5.91 Å². The molecule has 1 saturated heterocycles. The molecule has 0 unspecified atom stereocenters. The van der Waals surface area contributed by atoms with Crippen LogP contribution >= 0.6 is 11.8 Å². The molecule has 0 bridgehead atoms. The summed E-state index contributed by atoms with van der Waals surface area (Å²) < 4.78 is 7.09. The molecule has 1 amide bonds.